The summed E-state index contributed by atoms with van der Waals surface area (Å²) in [5.74, 6) is -0.428. The fourth-order valence-corrected chi connectivity index (χ4v) is 4.11. The number of nitrogens with zero attached hydrogens (tertiary/aromatic N) is 1. The standard InChI is InChI=1S/C26H24N2O5S/c1-4-20-7-5-6-8-23(20)28-26(29)21(17-27)15-19-11-14-24(25(16-19)32-3)33-34(30,31)22-12-9-18(2)10-13-22/h5-16H,4H2,1-3H3,(H,28,29)/b21-15+. The highest BCUT2D eigenvalue weighted by Crippen LogP contribution is 2.31. The predicted octanol–water partition coefficient (Wildman–Crippen LogP) is 4.88. The van der Waals surface area contributed by atoms with Gasteiger partial charge >= 0.3 is 10.1 Å². The Hall–Kier alpha value is -4.09. The Morgan fingerprint density at radius 1 is 1.06 bits per heavy atom. The van der Waals surface area contributed by atoms with Gasteiger partial charge < -0.3 is 14.2 Å². The van der Waals surface area contributed by atoms with E-state index in [0.717, 1.165) is 17.5 Å². The van der Waals surface area contributed by atoms with Crippen molar-refractivity contribution < 1.29 is 22.1 Å². The molecule has 0 aromatic heterocycles. The van der Waals surface area contributed by atoms with E-state index in [0.29, 0.717) is 11.3 Å². The molecule has 0 aliphatic heterocycles. The summed E-state index contributed by atoms with van der Waals surface area (Å²) in [5, 5.41) is 12.3. The van der Waals surface area contributed by atoms with Crippen molar-refractivity contribution in [1.29, 1.82) is 5.26 Å². The van der Waals surface area contributed by atoms with E-state index in [2.05, 4.69) is 5.32 Å². The molecule has 34 heavy (non-hydrogen) atoms. The van der Waals surface area contributed by atoms with Gasteiger partial charge in [-0.05, 0) is 60.9 Å². The molecule has 0 aliphatic rings. The first-order valence-corrected chi connectivity index (χ1v) is 11.9. The molecule has 3 aromatic carbocycles. The number of anilines is 1. The molecule has 0 spiro atoms. The minimum Gasteiger partial charge on any atom is -0.493 e. The fraction of sp³-hybridized carbons (Fsp3) is 0.154. The quantitative estimate of drug-likeness (QED) is 0.282. The second-order valence-electron chi connectivity index (χ2n) is 7.40. The monoisotopic (exact) mass is 476 g/mol. The summed E-state index contributed by atoms with van der Waals surface area (Å²) in [6.07, 6.45) is 2.12. The van der Waals surface area contributed by atoms with E-state index >= 15 is 0 Å². The van der Waals surface area contributed by atoms with E-state index in [-0.39, 0.29) is 22.0 Å². The van der Waals surface area contributed by atoms with Crippen LogP contribution < -0.4 is 14.2 Å². The number of carbonyl (C=O) groups is 1. The molecular weight excluding hydrogens is 452 g/mol. The van der Waals surface area contributed by atoms with Crippen molar-refractivity contribution in [2.45, 2.75) is 25.2 Å². The van der Waals surface area contributed by atoms with Gasteiger partial charge in [-0.3, -0.25) is 4.79 Å². The van der Waals surface area contributed by atoms with Gasteiger partial charge in [0.25, 0.3) is 5.91 Å². The Labute approximate surface area is 199 Å². The molecule has 7 nitrogen and oxygen atoms in total. The fourth-order valence-electron chi connectivity index (χ4n) is 3.17. The number of hydrogen-bond donors (Lipinski definition) is 1. The number of amides is 1. The van der Waals surface area contributed by atoms with Crippen molar-refractivity contribution in [2.24, 2.45) is 0 Å². The lowest BCUT2D eigenvalue weighted by Crippen LogP contribution is -2.14. The Balaban J connectivity index is 1.85. The molecule has 0 fully saturated rings. The number of rotatable bonds is 8. The van der Waals surface area contributed by atoms with Crippen molar-refractivity contribution in [1.82, 2.24) is 0 Å². The van der Waals surface area contributed by atoms with Crippen LogP contribution in [0.3, 0.4) is 0 Å². The number of para-hydroxylation sites is 1. The molecule has 1 amide bonds. The summed E-state index contributed by atoms with van der Waals surface area (Å²) < 4.78 is 35.8. The van der Waals surface area contributed by atoms with Crippen molar-refractivity contribution in [2.75, 3.05) is 12.4 Å². The zero-order valence-electron chi connectivity index (χ0n) is 19.0. The van der Waals surface area contributed by atoms with Crippen LogP contribution in [0, 0.1) is 18.3 Å². The molecule has 1 N–H and O–H groups in total. The second kappa shape index (κ2) is 10.7. The van der Waals surface area contributed by atoms with Crippen LogP contribution in [0.15, 0.2) is 77.2 Å². The first-order chi connectivity index (χ1) is 16.3. The zero-order valence-corrected chi connectivity index (χ0v) is 19.8. The largest absolute Gasteiger partial charge is 0.493 e. The molecule has 0 radical (unpaired) electrons. The van der Waals surface area contributed by atoms with Crippen LogP contribution in [0.1, 0.15) is 23.6 Å². The van der Waals surface area contributed by atoms with Crippen molar-refractivity contribution in [3.8, 4) is 17.6 Å². The molecule has 8 heteroatoms. The Morgan fingerprint density at radius 3 is 2.41 bits per heavy atom. The van der Waals surface area contributed by atoms with Crippen LogP contribution in [-0.4, -0.2) is 21.4 Å². The third kappa shape index (κ3) is 5.82. The molecule has 0 unspecified atom stereocenters. The maximum absolute atomic E-state index is 12.7. The molecule has 3 aromatic rings. The van der Waals surface area contributed by atoms with Crippen molar-refractivity contribution in [3.05, 3.63) is 89.0 Å². The lowest BCUT2D eigenvalue weighted by molar-refractivity contribution is -0.112. The van der Waals surface area contributed by atoms with Gasteiger partial charge in [-0.15, -0.1) is 0 Å². The first kappa shape index (κ1) is 24.6. The first-order valence-electron chi connectivity index (χ1n) is 10.5. The zero-order chi connectivity index (χ0) is 24.7. The SMILES string of the molecule is CCc1ccccc1NC(=O)/C(C#N)=C/c1ccc(OS(=O)(=O)c2ccc(C)cc2)c(OC)c1. The van der Waals surface area contributed by atoms with Crippen molar-refractivity contribution in [3.63, 3.8) is 0 Å². The van der Waals surface area contributed by atoms with Crippen LogP contribution in [-0.2, 0) is 21.3 Å². The highest BCUT2D eigenvalue weighted by atomic mass is 32.2. The predicted molar refractivity (Wildman–Crippen MR) is 130 cm³/mol. The number of hydrogen-bond acceptors (Lipinski definition) is 6. The van der Waals surface area contributed by atoms with Gasteiger partial charge in [-0.1, -0.05) is 48.9 Å². The average molecular weight is 477 g/mol. The van der Waals surface area contributed by atoms with Gasteiger partial charge in [0.2, 0.25) is 0 Å². The van der Waals surface area contributed by atoms with E-state index in [1.54, 1.807) is 24.3 Å². The van der Waals surface area contributed by atoms with Crippen LogP contribution in [0.4, 0.5) is 5.69 Å². The van der Waals surface area contributed by atoms with Gasteiger partial charge in [0, 0.05) is 5.69 Å². The minimum atomic E-state index is -4.07. The van der Waals surface area contributed by atoms with E-state index < -0.39 is 16.0 Å². The molecule has 0 heterocycles. The number of benzene rings is 3. The molecule has 174 valence electrons. The van der Waals surface area contributed by atoms with Gasteiger partial charge in [0.15, 0.2) is 11.5 Å². The lowest BCUT2D eigenvalue weighted by Gasteiger charge is -2.12. The van der Waals surface area contributed by atoms with Gasteiger partial charge in [0.1, 0.15) is 16.5 Å². The van der Waals surface area contributed by atoms with E-state index in [1.807, 2.05) is 32.0 Å². The molecule has 0 atom stereocenters. The number of aryl methyl sites for hydroxylation is 2. The number of nitriles is 1. The minimum absolute atomic E-state index is 0.0138. The number of nitrogens with one attached hydrogen (secondary N) is 1. The summed E-state index contributed by atoms with van der Waals surface area (Å²) >= 11 is 0. The number of methoxy groups -OCH3 is 1. The maximum Gasteiger partial charge on any atom is 0.339 e. The van der Waals surface area contributed by atoms with Crippen LogP contribution in [0.5, 0.6) is 11.5 Å². The Morgan fingerprint density at radius 2 is 1.76 bits per heavy atom. The highest BCUT2D eigenvalue weighted by molar-refractivity contribution is 7.87. The molecular formula is C26H24N2O5S. The normalized spacial score (nSPS) is 11.4. The average Bonchev–Trinajstić information content (AvgIpc) is 2.83. The molecule has 0 bridgehead atoms. The summed E-state index contributed by atoms with van der Waals surface area (Å²) in [5.41, 5.74) is 2.86. The smallest absolute Gasteiger partial charge is 0.339 e. The Kier molecular flexibility index (Phi) is 7.71. The molecule has 3 rings (SSSR count). The van der Waals surface area contributed by atoms with Crippen molar-refractivity contribution >= 4 is 27.8 Å². The molecule has 0 saturated heterocycles. The number of carbonyl (C=O) groups excluding carboxylic acids is 1. The lowest BCUT2D eigenvalue weighted by atomic mass is 10.1. The van der Waals surface area contributed by atoms with Gasteiger partial charge in [-0.25, -0.2) is 0 Å². The Bertz CT molecular complexity index is 1370. The van der Waals surface area contributed by atoms with Gasteiger partial charge in [-0.2, -0.15) is 13.7 Å². The number of ether oxygens (including phenoxy) is 1. The summed E-state index contributed by atoms with van der Waals surface area (Å²) in [6, 6.07) is 20.0. The molecule has 0 aliphatic carbocycles. The van der Waals surface area contributed by atoms with Crippen LogP contribution in [0.25, 0.3) is 6.08 Å². The summed E-state index contributed by atoms with van der Waals surface area (Å²) in [7, 11) is -2.70. The van der Waals surface area contributed by atoms with E-state index in [1.165, 1.54) is 43.5 Å². The summed E-state index contributed by atoms with van der Waals surface area (Å²) in [4.78, 5) is 12.7. The topological polar surface area (TPSA) is 105 Å². The van der Waals surface area contributed by atoms with Crippen LogP contribution in [0.2, 0.25) is 0 Å². The summed E-state index contributed by atoms with van der Waals surface area (Å²) in [6.45, 7) is 3.83. The second-order valence-corrected chi connectivity index (χ2v) is 8.94. The van der Waals surface area contributed by atoms with Crippen LogP contribution >= 0.6 is 0 Å². The molecule has 0 saturated carbocycles. The third-order valence-corrected chi connectivity index (χ3v) is 6.27. The van der Waals surface area contributed by atoms with E-state index in [4.69, 9.17) is 8.92 Å². The highest BCUT2D eigenvalue weighted by Gasteiger charge is 2.19. The van der Waals surface area contributed by atoms with E-state index in [9.17, 15) is 18.5 Å². The van der Waals surface area contributed by atoms with Gasteiger partial charge in [0.05, 0.1) is 7.11 Å². The maximum atomic E-state index is 12.7. The third-order valence-electron chi connectivity index (χ3n) is 5.02.